The Kier molecular flexibility index (Phi) is 3.94. The lowest BCUT2D eigenvalue weighted by Gasteiger charge is -2.56. The molecule has 0 aromatic carbocycles. The van der Waals surface area contributed by atoms with Gasteiger partial charge in [0, 0.05) is 55.1 Å². The Morgan fingerprint density at radius 3 is 2.59 bits per heavy atom. The van der Waals surface area contributed by atoms with Gasteiger partial charge in [0.2, 0.25) is 0 Å². The molecule has 5 rings (SSSR count). The zero-order valence-corrected chi connectivity index (χ0v) is 13.9. The fourth-order valence-corrected chi connectivity index (χ4v) is 4.05. The first kappa shape index (κ1) is 14.3. The lowest BCUT2D eigenvalue weighted by atomic mass is 9.87. The van der Waals surface area contributed by atoms with Gasteiger partial charge in [-0.15, -0.1) is 0 Å². The number of fused-ring (bicyclic) bond motifs is 2. The van der Waals surface area contributed by atoms with Gasteiger partial charge < -0.3 is 0 Å². The fourth-order valence-electron chi connectivity index (χ4n) is 3.63. The van der Waals surface area contributed by atoms with Crippen LogP contribution in [-0.2, 0) is 13.1 Å². The summed E-state index contributed by atoms with van der Waals surface area (Å²) >= 11 is 3.49. The van der Waals surface area contributed by atoms with Crippen LogP contribution in [0.15, 0.2) is 35.3 Å². The SMILES string of the molecule is Brc1cncc(CN2CC3CC(C2)N3CCn2nccn2)c1. The summed E-state index contributed by atoms with van der Waals surface area (Å²) in [5.74, 6) is 0. The molecule has 2 aromatic rings. The number of pyridine rings is 1. The molecule has 0 spiro atoms. The number of rotatable bonds is 5. The van der Waals surface area contributed by atoms with Crippen LogP contribution < -0.4 is 0 Å². The molecule has 0 N–H and O–H groups in total. The van der Waals surface area contributed by atoms with Crippen LogP contribution in [0.25, 0.3) is 0 Å². The summed E-state index contributed by atoms with van der Waals surface area (Å²) in [5, 5.41) is 8.35. The maximum absolute atomic E-state index is 4.25. The van der Waals surface area contributed by atoms with Crippen molar-refractivity contribution >= 4 is 15.9 Å². The number of aromatic nitrogens is 4. The molecular weight excluding hydrogens is 344 g/mol. The van der Waals surface area contributed by atoms with Crippen molar-refractivity contribution in [3.63, 3.8) is 0 Å². The molecule has 0 radical (unpaired) electrons. The second-order valence-corrected chi connectivity index (χ2v) is 7.03. The number of piperazine rings is 1. The van der Waals surface area contributed by atoms with E-state index in [2.05, 4.69) is 47.0 Å². The Labute approximate surface area is 138 Å². The molecule has 7 heteroatoms. The molecule has 3 aliphatic rings. The summed E-state index contributed by atoms with van der Waals surface area (Å²) < 4.78 is 1.06. The summed E-state index contributed by atoms with van der Waals surface area (Å²) in [7, 11) is 0. The van der Waals surface area contributed by atoms with Gasteiger partial charge in [-0.2, -0.15) is 15.0 Å². The molecule has 0 saturated carbocycles. The highest BCUT2D eigenvalue weighted by atomic mass is 79.9. The quantitative estimate of drug-likeness (QED) is 0.804. The van der Waals surface area contributed by atoms with E-state index in [1.807, 2.05) is 12.4 Å². The number of halogens is 1. The van der Waals surface area contributed by atoms with Crippen molar-refractivity contribution in [2.24, 2.45) is 0 Å². The molecule has 0 aliphatic carbocycles. The van der Waals surface area contributed by atoms with E-state index in [1.54, 1.807) is 17.2 Å². The Hall–Kier alpha value is -1.31. The van der Waals surface area contributed by atoms with Gasteiger partial charge in [0.15, 0.2) is 0 Å². The van der Waals surface area contributed by atoms with E-state index >= 15 is 0 Å². The van der Waals surface area contributed by atoms with E-state index in [-0.39, 0.29) is 0 Å². The first-order valence-electron chi connectivity index (χ1n) is 7.69. The average Bonchev–Trinajstić information content (AvgIpc) is 3.01. The molecule has 0 amide bonds. The summed E-state index contributed by atoms with van der Waals surface area (Å²) in [6.07, 6.45) is 8.61. The van der Waals surface area contributed by atoms with Crippen molar-refractivity contribution < 1.29 is 0 Å². The van der Waals surface area contributed by atoms with Gasteiger partial charge in [0.1, 0.15) is 0 Å². The zero-order chi connectivity index (χ0) is 14.9. The predicted octanol–water partition coefficient (Wildman–Crippen LogP) is 1.39. The van der Waals surface area contributed by atoms with Gasteiger partial charge in [-0.3, -0.25) is 14.8 Å². The topological polar surface area (TPSA) is 50.1 Å². The molecule has 3 saturated heterocycles. The summed E-state index contributed by atoms with van der Waals surface area (Å²) in [4.78, 5) is 11.2. The van der Waals surface area contributed by atoms with E-state index in [9.17, 15) is 0 Å². The molecule has 2 atom stereocenters. The third kappa shape index (κ3) is 2.93. The van der Waals surface area contributed by atoms with Crippen molar-refractivity contribution in [1.82, 2.24) is 29.8 Å². The van der Waals surface area contributed by atoms with Crippen LogP contribution in [0, 0.1) is 0 Å². The minimum absolute atomic E-state index is 0.689. The minimum Gasteiger partial charge on any atom is -0.296 e. The molecule has 2 aromatic heterocycles. The zero-order valence-electron chi connectivity index (χ0n) is 12.3. The largest absolute Gasteiger partial charge is 0.296 e. The van der Waals surface area contributed by atoms with Gasteiger partial charge in [0.25, 0.3) is 0 Å². The molecule has 2 bridgehead atoms. The highest BCUT2D eigenvalue weighted by Gasteiger charge is 2.43. The number of hydrogen-bond donors (Lipinski definition) is 0. The van der Waals surface area contributed by atoms with Crippen LogP contribution in [0.1, 0.15) is 12.0 Å². The smallest absolute Gasteiger partial charge is 0.0734 e. The van der Waals surface area contributed by atoms with Crippen molar-refractivity contribution in [2.45, 2.75) is 31.6 Å². The Morgan fingerprint density at radius 1 is 1.09 bits per heavy atom. The highest BCUT2D eigenvalue weighted by Crippen LogP contribution is 2.32. The van der Waals surface area contributed by atoms with Crippen LogP contribution in [-0.4, -0.2) is 61.5 Å². The summed E-state index contributed by atoms with van der Waals surface area (Å²) in [6.45, 7) is 5.23. The van der Waals surface area contributed by atoms with E-state index < -0.39 is 0 Å². The monoisotopic (exact) mass is 362 g/mol. The van der Waals surface area contributed by atoms with Gasteiger partial charge in [-0.1, -0.05) is 0 Å². The molecule has 116 valence electrons. The molecule has 3 fully saturated rings. The Balaban J connectivity index is 1.30. The molecule has 22 heavy (non-hydrogen) atoms. The number of nitrogens with zero attached hydrogens (tertiary/aromatic N) is 6. The van der Waals surface area contributed by atoms with Crippen LogP contribution in [0.2, 0.25) is 0 Å². The van der Waals surface area contributed by atoms with Crippen LogP contribution in [0.3, 0.4) is 0 Å². The summed E-state index contributed by atoms with van der Waals surface area (Å²) in [5.41, 5.74) is 1.28. The number of piperidine rings is 1. The predicted molar refractivity (Wildman–Crippen MR) is 86.1 cm³/mol. The van der Waals surface area contributed by atoms with Crippen molar-refractivity contribution in [3.05, 3.63) is 40.9 Å². The van der Waals surface area contributed by atoms with Crippen LogP contribution >= 0.6 is 15.9 Å². The lowest BCUT2D eigenvalue weighted by Crippen LogP contribution is -2.68. The van der Waals surface area contributed by atoms with Crippen LogP contribution in [0.5, 0.6) is 0 Å². The molecule has 3 aliphatic heterocycles. The maximum atomic E-state index is 4.25. The second kappa shape index (κ2) is 6.06. The van der Waals surface area contributed by atoms with E-state index in [1.165, 1.54) is 12.0 Å². The maximum Gasteiger partial charge on any atom is 0.0734 e. The average molecular weight is 363 g/mol. The Morgan fingerprint density at radius 2 is 1.86 bits per heavy atom. The van der Waals surface area contributed by atoms with Gasteiger partial charge in [-0.25, -0.2) is 0 Å². The molecular formula is C15H19BrN6. The van der Waals surface area contributed by atoms with E-state index in [0.717, 1.165) is 37.2 Å². The Bertz CT molecular complexity index is 619. The third-order valence-electron chi connectivity index (χ3n) is 4.61. The standard InChI is InChI=1S/C15H19BrN6/c16-13-5-12(7-17-8-13)9-20-10-14-6-15(11-20)21(14)3-4-22-18-1-2-19-22/h1-2,5,7-8,14-15H,3-4,6,9-11H2. The summed E-state index contributed by atoms with van der Waals surface area (Å²) in [6, 6.07) is 3.54. The van der Waals surface area contributed by atoms with Crippen LogP contribution in [0.4, 0.5) is 0 Å². The van der Waals surface area contributed by atoms with Gasteiger partial charge in [-0.05, 0) is 34.0 Å². The van der Waals surface area contributed by atoms with Crippen molar-refractivity contribution in [2.75, 3.05) is 19.6 Å². The highest BCUT2D eigenvalue weighted by molar-refractivity contribution is 9.10. The minimum atomic E-state index is 0.689. The second-order valence-electron chi connectivity index (χ2n) is 6.11. The fraction of sp³-hybridized carbons (Fsp3) is 0.533. The first-order chi connectivity index (χ1) is 10.8. The molecule has 5 heterocycles. The van der Waals surface area contributed by atoms with Crippen molar-refractivity contribution in [1.29, 1.82) is 0 Å². The van der Waals surface area contributed by atoms with Crippen molar-refractivity contribution in [3.8, 4) is 0 Å². The third-order valence-corrected chi connectivity index (χ3v) is 5.05. The lowest BCUT2D eigenvalue weighted by molar-refractivity contribution is -0.0738. The molecule has 2 unspecified atom stereocenters. The normalized spacial score (nSPS) is 25.1. The van der Waals surface area contributed by atoms with Gasteiger partial charge >= 0.3 is 0 Å². The van der Waals surface area contributed by atoms with Gasteiger partial charge in [0.05, 0.1) is 18.9 Å². The van der Waals surface area contributed by atoms with E-state index in [0.29, 0.717) is 12.1 Å². The number of hydrogen-bond acceptors (Lipinski definition) is 5. The van der Waals surface area contributed by atoms with E-state index in [4.69, 9.17) is 0 Å². The molecule has 6 nitrogen and oxygen atoms in total. The first-order valence-corrected chi connectivity index (χ1v) is 8.49.